The van der Waals surface area contributed by atoms with Crippen LogP contribution in [-0.2, 0) is 11.2 Å². The fourth-order valence-corrected chi connectivity index (χ4v) is 6.25. The molecule has 0 bridgehead atoms. The first-order valence-electron chi connectivity index (χ1n) is 11.6. The van der Waals surface area contributed by atoms with E-state index in [4.69, 9.17) is 9.26 Å². The van der Waals surface area contributed by atoms with Crippen LogP contribution < -0.4 is 10.2 Å². The van der Waals surface area contributed by atoms with Gasteiger partial charge in [-0.1, -0.05) is 5.16 Å². The summed E-state index contributed by atoms with van der Waals surface area (Å²) in [6, 6.07) is 1.59. The smallest absolute Gasteiger partial charge is 0.276 e. The lowest BCUT2D eigenvalue weighted by Gasteiger charge is -2.56. The molecule has 2 saturated heterocycles. The van der Waals surface area contributed by atoms with Crippen LogP contribution in [0.4, 0.5) is 18.9 Å². The van der Waals surface area contributed by atoms with Gasteiger partial charge in [0.05, 0.1) is 42.5 Å². The number of hydrogen-bond donors (Lipinski definition) is 1. The second kappa shape index (κ2) is 7.42. The molecule has 1 spiro atoms. The Hall–Kier alpha value is -2.66. The Labute approximate surface area is 194 Å². The van der Waals surface area contributed by atoms with E-state index in [0.29, 0.717) is 37.4 Å². The Morgan fingerprint density at radius 2 is 2.15 bits per heavy atom. The molecule has 0 saturated carbocycles. The summed E-state index contributed by atoms with van der Waals surface area (Å²) < 4.78 is 54.8. The van der Waals surface area contributed by atoms with Gasteiger partial charge < -0.3 is 19.1 Å². The number of nitrogens with zero attached hydrogens (tertiary/aromatic N) is 4. The predicted molar refractivity (Wildman–Crippen MR) is 118 cm³/mol. The Morgan fingerprint density at radius 3 is 2.85 bits per heavy atom. The van der Waals surface area contributed by atoms with Crippen LogP contribution in [0.15, 0.2) is 15.6 Å². The van der Waals surface area contributed by atoms with Crippen LogP contribution in [0.5, 0.6) is 0 Å². The van der Waals surface area contributed by atoms with Gasteiger partial charge in [-0.25, -0.2) is 13.2 Å². The quantitative estimate of drug-likeness (QED) is 0.680. The standard InChI is InChI=1S/C23H26F3N5O3/c1-12-7-31-18-14(6-22(8-27-11-28-9-22)20(31)13(2)33-12)5-15-17(29-34-19(15)16(18)24)21(32)30-4-3-23(25,26)10-30/h5,8,12-13,20,28H,3-4,6-7,9-11H2,1-2H3/t12-,13+,20-,22?/m0/s1. The number of alkyl halides is 2. The first-order chi connectivity index (χ1) is 16.2. The summed E-state index contributed by atoms with van der Waals surface area (Å²) in [6.07, 6.45) is 1.76. The highest BCUT2D eigenvalue weighted by molar-refractivity contribution is 6.05. The van der Waals surface area contributed by atoms with E-state index >= 15 is 4.39 Å². The Kier molecular flexibility index (Phi) is 4.77. The van der Waals surface area contributed by atoms with Gasteiger partial charge in [-0.15, -0.1) is 0 Å². The summed E-state index contributed by atoms with van der Waals surface area (Å²) in [4.78, 5) is 20.6. The highest BCUT2D eigenvalue weighted by Crippen LogP contribution is 2.48. The van der Waals surface area contributed by atoms with E-state index in [1.54, 1.807) is 6.07 Å². The molecule has 34 heavy (non-hydrogen) atoms. The fourth-order valence-electron chi connectivity index (χ4n) is 6.25. The molecule has 1 unspecified atom stereocenters. The molecular formula is C23H26F3N5O3. The van der Waals surface area contributed by atoms with Crippen molar-refractivity contribution in [2.45, 2.75) is 50.9 Å². The molecule has 182 valence electrons. The van der Waals surface area contributed by atoms with Crippen molar-refractivity contribution in [3.63, 3.8) is 0 Å². The lowest BCUT2D eigenvalue weighted by atomic mass is 9.68. The van der Waals surface area contributed by atoms with E-state index in [0.717, 1.165) is 4.90 Å². The number of morpholine rings is 1. The maximum Gasteiger partial charge on any atom is 0.276 e. The minimum absolute atomic E-state index is 0.0793. The number of benzene rings is 1. The maximum atomic E-state index is 16.0. The molecule has 11 heteroatoms. The molecular weight excluding hydrogens is 451 g/mol. The van der Waals surface area contributed by atoms with Gasteiger partial charge in [-0.3, -0.25) is 15.1 Å². The van der Waals surface area contributed by atoms with Crippen molar-refractivity contribution < 1.29 is 27.2 Å². The van der Waals surface area contributed by atoms with E-state index in [1.165, 1.54) is 0 Å². The molecule has 1 amide bonds. The van der Waals surface area contributed by atoms with Gasteiger partial charge in [0, 0.05) is 37.7 Å². The third-order valence-electron chi connectivity index (χ3n) is 7.50. The number of hydrogen-bond acceptors (Lipinski definition) is 7. The van der Waals surface area contributed by atoms with E-state index in [2.05, 4.69) is 15.5 Å². The summed E-state index contributed by atoms with van der Waals surface area (Å²) in [5.41, 5.74) is 0.437. The van der Waals surface area contributed by atoms with Gasteiger partial charge in [0.2, 0.25) is 5.58 Å². The molecule has 5 heterocycles. The molecule has 1 aromatic carbocycles. The van der Waals surface area contributed by atoms with Crippen LogP contribution in [0.3, 0.4) is 0 Å². The molecule has 8 nitrogen and oxygen atoms in total. The second-order valence-corrected chi connectivity index (χ2v) is 9.99. The van der Waals surface area contributed by atoms with Crippen LogP contribution in [0.1, 0.15) is 36.3 Å². The zero-order valence-corrected chi connectivity index (χ0v) is 19.0. The third kappa shape index (κ3) is 3.16. The Morgan fingerprint density at radius 1 is 1.32 bits per heavy atom. The van der Waals surface area contributed by atoms with Gasteiger partial charge >= 0.3 is 0 Å². The number of aliphatic imine (C=N–C) groups is 1. The molecule has 6 rings (SSSR count). The van der Waals surface area contributed by atoms with E-state index in [9.17, 15) is 13.6 Å². The average Bonchev–Trinajstić information content (AvgIpc) is 3.36. The van der Waals surface area contributed by atoms with Crippen molar-refractivity contribution in [3.8, 4) is 0 Å². The molecule has 0 radical (unpaired) electrons. The molecule has 4 aliphatic rings. The number of anilines is 1. The number of aromatic nitrogens is 1. The number of carbonyl (C=O) groups is 1. The maximum absolute atomic E-state index is 16.0. The van der Waals surface area contributed by atoms with Gasteiger partial charge in [-0.2, -0.15) is 0 Å². The first-order valence-corrected chi connectivity index (χ1v) is 11.6. The number of nitrogens with one attached hydrogen (secondary N) is 1. The minimum atomic E-state index is -2.93. The van der Waals surface area contributed by atoms with Crippen LogP contribution in [0, 0.1) is 11.2 Å². The molecule has 1 N–H and O–H groups in total. The monoisotopic (exact) mass is 477 g/mol. The number of fused-ring (bicyclic) bond motifs is 5. The number of carbonyl (C=O) groups excluding carboxylic acids is 1. The van der Waals surface area contributed by atoms with Crippen molar-refractivity contribution in [1.82, 2.24) is 15.4 Å². The summed E-state index contributed by atoms with van der Waals surface area (Å²) in [5.74, 6) is -4.20. The number of amides is 1. The number of rotatable bonds is 1. The molecule has 2 fully saturated rings. The van der Waals surface area contributed by atoms with Crippen molar-refractivity contribution in [2.75, 3.05) is 37.7 Å². The molecule has 4 atom stereocenters. The highest BCUT2D eigenvalue weighted by atomic mass is 19.3. The van der Waals surface area contributed by atoms with E-state index < -0.39 is 36.0 Å². The SMILES string of the molecule is C[C@H]1CN2c3c(cc4c(C(=O)N5CCC(F)(F)C5)noc4c3F)CC3(C=NCNC3)[C@@H]2[C@@H](C)O1. The molecule has 4 aliphatic heterocycles. The zero-order chi connectivity index (χ0) is 23.8. The summed E-state index contributed by atoms with van der Waals surface area (Å²) in [5, 5.41) is 7.36. The van der Waals surface area contributed by atoms with Crippen molar-refractivity contribution in [3.05, 3.63) is 23.1 Å². The Bertz CT molecular complexity index is 1200. The topological polar surface area (TPSA) is 83.2 Å². The Balaban J connectivity index is 1.48. The van der Waals surface area contributed by atoms with Crippen molar-refractivity contribution in [2.24, 2.45) is 10.4 Å². The first kappa shape index (κ1) is 21.8. The zero-order valence-electron chi connectivity index (χ0n) is 19.0. The van der Waals surface area contributed by atoms with Crippen LogP contribution in [0.2, 0.25) is 0 Å². The third-order valence-corrected chi connectivity index (χ3v) is 7.50. The highest BCUT2D eigenvalue weighted by Gasteiger charge is 2.53. The van der Waals surface area contributed by atoms with Crippen LogP contribution >= 0.6 is 0 Å². The summed E-state index contributed by atoms with van der Waals surface area (Å²) >= 11 is 0. The van der Waals surface area contributed by atoms with Gasteiger partial charge in [0.15, 0.2) is 11.5 Å². The van der Waals surface area contributed by atoms with Crippen molar-refractivity contribution >= 4 is 28.8 Å². The molecule has 2 aromatic rings. The van der Waals surface area contributed by atoms with Gasteiger partial charge in [0.1, 0.15) is 0 Å². The predicted octanol–water partition coefficient (Wildman–Crippen LogP) is 2.60. The van der Waals surface area contributed by atoms with E-state index in [1.807, 2.05) is 25.0 Å². The minimum Gasteiger partial charge on any atom is -0.372 e. The normalized spacial score (nSPS) is 32.3. The van der Waals surface area contributed by atoms with Crippen LogP contribution in [-0.4, -0.2) is 79.2 Å². The fraction of sp³-hybridized carbons (Fsp3) is 0.609. The summed E-state index contributed by atoms with van der Waals surface area (Å²) in [6.45, 7) is 4.85. The molecule has 1 aromatic heterocycles. The lowest BCUT2D eigenvalue weighted by molar-refractivity contribution is -0.0522. The second-order valence-electron chi connectivity index (χ2n) is 9.99. The van der Waals surface area contributed by atoms with Crippen molar-refractivity contribution in [1.29, 1.82) is 0 Å². The number of ether oxygens (including phenoxy) is 1. The average molecular weight is 477 g/mol. The lowest BCUT2D eigenvalue weighted by Crippen LogP contribution is -2.67. The largest absolute Gasteiger partial charge is 0.372 e. The molecule has 0 aliphatic carbocycles. The van der Waals surface area contributed by atoms with Gasteiger partial charge in [-0.05, 0) is 31.9 Å². The van der Waals surface area contributed by atoms with Crippen LogP contribution in [0.25, 0.3) is 11.0 Å². The van der Waals surface area contributed by atoms with E-state index in [-0.39, 0.29) is 41.5 Å². The summed E-state index contributed by atoms with van der Waals surface area (Å²) in [7, 11) is 0. The number of halogens is 3. The number of likely N-dealkylation sites (tertiary alicyclic amines) is 1. The van der Waals surface area contributed by atoms with Gasteiger partial charge in [0.25, 0.3) is 11.8 Å².